The number of carbonyl (C=O) groups excluding carboxylic acids is 1. The number of H-pyrrole nitrogens is 1. The van der Waals surface area contributed by atoms with Gasteiger partial charge >= 0.3 is 0 Å². The van der Waals surface area contributed by atoms with Crippen molar-refractivity contribution in [3.8, 4) is 0 Å². The fourth-order valence-electron chi connectivity index (χ4n) is 3.20. The molecule has 3 heterocycles. The molecular formula is C17H15N3O2S. The molecule has 0 saturated heterocycles. The molecule has 0 unspecified atom stereocenters. The minimum Gasteiger partial charge on any atom is -0.330 e. The van der Waals surface area contributed by atoms with Gasteiger partial charge in [-0.05, 0) is 36.4 Å². The van der Waals surface area contributed by atoms with Gasteiger partial charge in [-0.15, -0.1) is 11.3 Å². The Morgan fingerprint density at radius 1 is 1.30 bits per heavy atom. The lowest BCUT2D eigenvalue weighted by Gasteiger charge is -2.33. The number of benzene rings is 1. The van der Waals surface area contributed by atoms with E-state index in [1.54, 1.807) is 29.5 Å². The molecule has 3 aromatic rings. The zero-order valence-electron chi connectivity index (χ0n) is 12.6. The highest BCUT2D eigenvalue weighted by Gasteiger charge is 2.30. The Kier molecular flexibility index (Phi) is 3.27. The Bertz CT molecular complexity index is 960. The number of hydrogen-bond acceptors (Lipinski definition) is 4. The molecule has 0 spiro atoms. The summed E-state index contributed by atoms with van der Waals surface area (Å²) in [5.74, 6) is -0.137. The van der Waals surface area contributed by atoms with Crippen molar-refractivity contribution in [2.75, 3.05) is 6.54 Å². The number of nitrogens with zero attached hydrogens (tertiary/aromatic N) is 2. The molecule has 0 radical (unpaired) electrons. The van der Waals surface area contributed by atoms with E-state index < -0.39 is 0 Å². The number of hydrogen-bond donors (Lipinski definition) is 1. The number of carbonyl (C=O) groups is 1. The molecule has 6 heteroatoms. The van der Waals surface area contributed by atoms with Gasteiger partial charge in [0.1, 0.15) is 0 Å². The van der Waals surface area contributed by atoms with Crippen LogP contribution in [0.3, 0.4) is 0 Å². The van der Waals surface area contributed by atoms with Gasteiger partial charge in [-0.2, -0.15) is 5.10 Å². The fourth-order valence-corrected chi connectivity index (χ4v) is 4.16. The molecule has 0 saturated carbocycles. The van der Waals surface area contributed by atoms with Crippen LogP contribution in [0.15, 0.2) is 40.5 Å². The van der Waals surface area contributed by atoms with E-state index in [9.17, 15) is 9.59 Å². The number of rotatable bonds is 1. The molecule has 23 heavy (non-hydrogen) atoms. The van der Waals surface area contributed by atoms with Crippen molar-refractivity contribution in [2.24, 2.45) is 0 Å². The van der Waals surface area contributed by atoms with Gasteiger partial charge in [0.05, 0.1) is 11.4 Å². The second-order valence-corrected chi connectivity index (χ2v) is 6.67. The highest BCUT2D eigenvalue weighted by atomic mass is 32.1. The van der Waals surface area contributed by atoms with Crippen LogP contribution in [0, 0.1) is 0 Å². The van der Waals surface area contributed by atoms with Crippen molar-refractivity contribution in [1.29, 1.82) is 0 Å². The third kappa shape index (κ3) is 2.17. The summed E-state index contributed by atoms with van der Waals surface area (Å²) in [4.78, 5) is 28.1. The third-order valence-corrected chi connectivity index (χ3v) is 5.43. The van der Waals surface area contributed by atoms with Crippen LogP contribution in [0.25, 0.3) is 10.8 Å². The summed E-state index contributed by atoms with van der Waals surface area (Å²) in [7, 11) is 0. The second-order valence-electron chi connectivity index (χ2n) is 5.67. The van der Waals surface area contributed by atoms with Crippen molar-refractivity contribution < 1.29 is 4.79 Å². The average molecular weight is 325 g/mol. The summed E-state index contributed by atoms with van der Waals surface area (Å²) in [5, 5.41) is 9.64. The molecule has 5 nitrogen and oxygen atoms in total. The van der Waals surface area contributed by atoms with Crippen molar-refractivity contribution in [2.45, 2.75) is 19.4 Å². The van der Waals surface area contributed by atoms with E-state index in [0.29, 0.717) is 23.0 Å². The molecular weight excluding hydrogens is 310 g/mol. The van der Waals surface area contributed by atoms with Gasteiger partial charge < -0.3 is 4.90 Å². The molecule has 0 aliphatic carbocycles. The molecule has 4 rings (SSSR count). The second kappa shape index (κ2) is 5.31. The van der Waals surface area contributed by atoms with Crippen molar-refractivity contribution >= 4 is 28.0 Å². The van der Waals surface area contributed by atoms with E-state index in [1.807, 2.05) is 17.9 Å². The summed E-state index contributed by atoms with van der Waals surface area (Å²) in [6.07, 6.45) is 0.865. The Balaban J connectivity index is 1.79. The minimum atomic E-state index is -0.274. The monoisotopic (exact) mass is 325 g/mol. The average Bonchev–Trinajstić information content (AvgIpc) is 3.05. The number of aromatic nitrogens is 2. The molecule has 1 amide bonds. The highest BCUT2D eigenvalue weighted by Crippen LogP contribution is 2.33. The van der Waals surface area contributed by atoms with Gasteiger partial charge in [0, 0.05) is 16.8 Å². The van der Waals surface area contributed by atoms with Gasteiger partial charge in [0.25, 0.3) is 11.5 Å². The van der Waals surface area contributed by atoms with E-state index >= 15 is 0 Å². The first kappa shape index (κ1) is 14.1. The maximum Gasteiger partial charge on any atom is 0.275 e. The summed E-state index contributed by atoms with van der Waals surface area (Å²) >= 11 is 1.74. The summed E-state index contributed by atoms with van der Waals surface area (Å²) in [6, 6.07) is 9.19. The number of fused-ring (bicyclic) bond motifs is 2. The number of aromatic amines is 1. The van der Waals surface area contributed by atoms with Crippen LogP contribution < -0.4 is 5.56 Å². The first-order valence-corrected chi connectivity index (χ1v) is 8.39. The third-order valence-electron chi connectivity index (χ3n) is 4.44. The Hall–Kier alpha value is -2.47. The normalized spacial score (nSPS) is 17.3. The predicted molar refractivity (Wildman–Crippen MR) is 89.8 cm³/mol. The van der Waals surface area contributed by atoms with Crippen molar-refractivity contribution in [3.05, 3.63) is 62.2 Å². The van der Waals surface area contributed by atoms with E-state index in [1.165, 1.54) is 10.4 Å². The number of nitrogens with one attached hydrogen (secondary N) is 1. The van der Waals surface area contributed by atoms with Gasteiger partial charge in [-0.1, -0.05) is 18.2 Å². The predicted octanol–water partition coefficient (Wildman–Crippen LogP) is 2.74. The number of thiophene rings is 1. The van der Waals surface area contributed by atoms with Gasteiger partial charge in [-0.3, -0.25) is 9.59 Å². The lowest BCUT2D eigenvalue weighted by Crippen LogP contribution is -2.39. The Morgan fingerprint density at radius 2 is 2.09 bits per heavy atom. The van der Waals surface area contributed by atoms with Crippen LogP contribution >= 0.6 is 11.3 Å². The van der Waals surface area contributed by atoms with Gasteiger partial charge in [-0.25, -0.2) is 5.10 Å². The van der Waals surface area contributed by atoms with E-state index in [4.69, 9.17) is 0 Å². The minimum absolute atomic E-state index is 0.0185. The topological polar surface area (TPSA) is 66.1 Å². The molecule has 1 aromatic carbocycles. The van der Waals surface area contributed by atoms with Crippen LogP contribution in [-0.2, 0) is 6.42 Å². The quantitative estimate of drug-likeness (QED) is 0.748. The van der Waals surface area contributed by atoms with Crippen molar-refractivity contribution in [3.63, 3.8) is 0 Å². The SMILES string of the molecule is C[C@H]1c2ccsc2CCN1C(=O)c1n[nH]c(=O)c2ccccc12. The van der Waals surface area contributed by atoms with Crippen LogP contribution in [0.1, 0.15) is 33.9 Å². The highest BCUT2D eigenvalue weighted by molar-refractivity contribution is 7.10. The lowest BCUT2D eigenvalue weighted by atomic mass is 10.0. The van der Waals surface area contributed by atoms with Gasteiger partial charge in [0.15, 0.2) is 5.69 Å². The van der Waals surface area contributed by atoms with E-state index in [2.05, 4.69) is 21.6 Å². The molecule has 1 aliphatic rings. The zero-order chi connectivity index (χ0) is 16.0. The fraction of sp³-hybridized carbons (Fsp3) is 0.235. The van der Waals surface area contributed by atoms with Crippen LogP contribution in [-0.4, -0.2) is 27.5 Å². The van der Waals surface area contributed by atoms with Crippen LogP contribution in [0.2, 0.25) is 0 Å². The summed E-state index contributed by atoms with van der Waals surface area (Å²) in [5.41, 5.74) is 1.25. The molecule has 116 valence electrons. The maximum atomic E-state index is 13.0. The van der Waals surface area contributed by atoms with E-state index in [-0.39, 0.29) is 17.5 Å². The first-order chi connectivity index (χ1) is 11.2. The Labute approximate surface area is 136 Å². The first-order valence-electron chi connectivity index (χ1n) is 7.51. The maximum absolute atomic E-state index is 13.0. The largest absolute Gasteiger partial charge is 0.330 e. The molecule has 1 N–H and O–H groups in total. The standard InChI is InChI=1S/C17H15N3O2S/c1-10-11-7-9-23-14(11)6-8-20(10)17(22)15-12-4-2-3-5-13(12)16(21)19-18-15/h2-5,7,9-10H,6,8H2,1H3,(H,19,21)/t10-/m0/s1. The van der Waals surface area contributed by atoms with Crippen LogP contribution in [0.4, 0.5) is 0 Å². The Morgan fingerprint density at radius 3 is 2.91 bits per heavy atom. The molecule has 2 aromatic heterocycles. The lowest BCUT2D eigenvalue weighted by molar-refractivity contribution is 0.0674. The van der Waals surface area contributed by atoms with Gasteiger partial charge in [0.2, 0.25) is 0 Å². The van der Waals surface area contributed by atoms with Crippen molar-refractivity contribution in [1.82, 2.24) is 15.1 Å². The summed E-state index contributed by atoms with van der Waals surface area (Å²) < 4.78 is 0. The zero-order valence-corrected chi connectivity index (χ0v) is 13.4. The smallest absolute Gasteiger partial charge is 0.275 e. The molecule has 1 aliphatic heterocycles. The summed E-state index contributed by atoms with van der Waals surface area (Å²) in [6.45, 7) is 2.71. The van der Waals surface area contributed by atoms with E-state index in [0.717, 1.165) is 6.42 Å². The molecule has 0 fully saturated rings. The number of amides is 1. The molecule has 0 bridgehead atoms. The molecule has 1 atom stereocenters. The van der Waals surface area contributed by atoms with Crippen LogP contribution in [0.5, 0.6) is 0 Å².